The molecule has 3 rings (SSSR count). The molecule has 6 heteroatoms. The van der Waals surface area contributed by atoms with E-state index in [0.717, 1.165) is 5.56 Å². The van der Waals surface area contributed by atoms with Crippen LogP contribution in [0.2, 0.25) is 0 Å². The zero-order valence-corrected chi connectivity index (χ0v) is 13.4. The second-order valence-electron chi connectivity index (χ2n) is 6.23. The summed E-state index contributed by atoms with van der Waals surface area (Å²) < 4.78 is 22.5. The Hall–Kier alpha value is -1.60. The van der Waals surface area contributed by atoms with E-state index in [2.05, 4.69) is 0 Å². The van der Waals surface area contributed by atoms with Crippen molar-refractivity contribution in [1.82, 2.24) is 0 Å². The SMILES string of the molecule is COC1C(O)C(O)C(Oc2cccc3c2OCC=C3)OC1(C)C. The van der Waals surface area contributed by atoms with Crippen LogP contribution in [-0.2, 0) is 9.47 Å². The van der Waals surface area contributed by atoms with Crippen molar-refractivity contribution in [3.05, 3.63) is 29.8 Å². The van der Waals surface area contributed by atoms with E-state index in [1.807, 2.05) is 24.3 Å². The molecule has 1 fully saturated rings. The molecule has 23 heavy (non-hydrogen) atoms. The van der Waals surface area contributed by atoms with Crippen LogP contribution in [0.4, 0.5) is 0 Å². The van der Waals surface area contributed by atoms with E-state index in [1.165, 1.54) is 7.11 Å². The molecule has 0 saturated carbocycles. The number of rotatable bonds is 3. The highest BCUT2D eigenvalue weighted by atomic mass is 16.7. The smallest absolute Gasteiger partial charge is 0.229 e. The van der Waals surface area contributed by atoms with Gasteiger partial charge in [-0.1, -0.05) is 18.2 Å². The summed E-state index contributed by atoms with van der Waals surface area (Å²) in [6, 6.07) is 5.49. The van der Waals surface area contributed by atoms with Crippen molar-refractivity contribution in [2.45, 2.75) is 44.1 Å². The molecule has 1 saturated heterocycles. The predicted molar refractivity (Wildman–Crippen MR) is 83.4 cm³/mol. The second-order valence-corrected chi connectivity index (χ2v) is 6.23. The average Bonchev–Trinajstić information content (AvgIpc) is 2.53. The van der Waals surface area contributed by atoms with E-state index in [4.69, 9.17) is 18.9 Å². The number of hydrogen-bond donors (Lipinski definition) is 2. The molecule has 0 bridgehead atoms. The Morgan fingerprint density at radius 3 is 2.74 bits per heavy atom. The third-order valence-corrected chi connectivity index (χ3v) is 4.17. The van der Waals surface area contributed by atoms with Crippen molar-refractivity contribution in [2.24, 2.45) is 0 Å². The van der Waals surface area contributed by atoms with E-state index in [-0.39, 0.29) is 0 Å². The van der Waals surface area contributed by atoms with Crippen LogP contribution in [0.3, 0.4) is 0 Å². The van der Waals surface area contributed by atoms with Gasteiger partial charge in [0.25, 0.3) is 0 Å². The Morgan fingerprint density at radius 1 is 1.22 bits per heavy atom. The number of aliphatic hydroxyl groups excluding tert-OH is 2. The molecule has 1 aromatic rings. The molecular weight excluding hydrogens is 300 g/mol. The summed E-state index contributed by atoms with van der Waals surface area (Å²) in [6.07, 6.45) is -0.164. The molecule has 0 spiro atoms. The van der Waals surface area contributed by atoms with Crippen LogP contribution in [0, 0.1) is 0 Å². The number of para-hydroxylation sites is 1. The largest absolute Gasteiger partial charge is 0.485 e. The van der Waals surface area contributed by atoms with Crippen molar-refractivity contribution in [1.29, 1.82) is 0 Å². The minimum absolute atomic E-state index is 0.460. The number of hydrogen-bond acceptors (Lipinski definition) is 6. The van der Waals surface area contributed by atoms with Gasteiger partial charge >= 0.3 is 0 Å². The zero-order valence-electron chi connectivity index (χ0n) is 13.4. The van der Waals surface area contributed by atoms with Crippen LogP contribution in [0.1, 0.15) is 19.4 Å². The summed E-state index contributed by atoms with van der Waals surface area (Å²) in [5.74, 6) is 1.07. The lowest BCUT2D eigenvalue weighted by Crippen LogP contribution is -2.63. The number of ether oxygens (including phenoxy) is 4. The molecule has 1 aromatic carbocycles. The molecular formula is C17H22O6. The number of fused-ring (bicyclic) bond motifs is 1. The van der Waals surface area contributed by atoms with Crippen molar-refractivity contribution in [3.63, 3.8) is 0 Å². The molecule has 0 aliphatic carbocycles. The Kier molecular flexibility index (Phi) is 4.33. The summed E-state index contributed by atoms with van der Waals surface area (Å²) in [7, 11) is 1.47. The highest BCUT2D eigenvalue weighted by Crippen LogP contribution is 2.38. The van der Waals surface area contributed by atoms with Crippen LogP contribution in [0.5, 0.6) is 11.5 Å². The third kappa shape index (κ3) is 2.95. The van der Waals surface area contributed by atoms with Crippen LogP contribution in [-0.4, -0.2) is 54.1 Å². The van der Waals surface area contributed by atoms with Crippen LogP contribution in [0.15, 0.2) is 24.3 Å². The molecule has 2 aliphatic rings. The summed E-state index contributed by atoms with van der Waals surface area (Å²) in [5.41, 5.74) is 0.0850. The van der Waals surface area contributed by atoms with Gasteiger partial charge in [-0.05, 0) is 26.0 Å². The molecule has 0 amide bonds. The van der Waals surface area contributed by atoms with E-state index in [1.54, 1.807) is 19.9 Å². The first kappa shape index (κ1) is 16.3. The van der Waals surface area contributed by atoms with E-state index in [0.29, 0.717) is 18.1 Å². The number of benzene rings is 1. The van der Waals surface area contributed by atoms with Gasteiger partial charge in [0.2, 0.25) is 6.29 Å². The Bertz CT molecular complexity index is 597. The fraction of sp³-hybridized carbons (Fsp3) is 0.529. The molecule has 2 N–H and O–H groups in total. The maximum Gasteiger partial charge on any atom is 0.229 e. The van der Waals surface area contributed by atoms with Gasteiger partial charge < -0.3 is 29.2 Å². The molecule has 4 atom stereocenters. The monoisotopic (exact) mass is 322 g/mol. The quantitative estimate of drug-likeness (QED) is 0.874. The number of methoxy groups -OCH3 is 1. The zero-order chi connectivity index (χ0) is 16.6. The molecule has 6 nitrogen and oxygen atoms in total. The molecule has 126 valence electrons. The Morgan fingerprint density at radius 2 is 2.00 bits per heavy atom. The van der Waals surface area contributed by atoms with Gasteiger partial charge in [-0.15, -0.1) is 0 Å². The topological polar surface area (TPSA) is 77.4 Å². The highest BCUT2D eigenvalue weighted by molar-refractivity contribution is 5.64. The maximum absolute atomic E-state index is 10.3. The van der Waals surface area contributed by atoms with Gasteiger partial charge in [0.1, 0.15) is 24.9 Å². The summed E-state index contributed by atoms with van der Waals surface area (Å²) in [6.45, 7) is 4.03. The van der Waals surface area contributed by atoms with E-state index < -0.39 is 30.2 Å². The minimum atomic E-state index is -1.23. The van der Waals surface area contributed by atoms with Gasteiger partial charge in [-0.25, -0.2) is 0 Å². The van der Waals surface area contributed by atoms with E-state index in [9.17, 15) is 10.2 Å². The van der Waals surface area contributed by atoms with Crippen molar-refractivity contribution in [2.75, 3.05) is 13.7 Å². The summed E-state index contributed by atoms with van der Waals surface area (Å²) in [5, 5.41) is 20.6. The van der Waals surface area contributed by atoms with Gasteiger partial charge in [-0.2, -0.15) is 0 Å². The molecule has 4 unspecified atom stereocenters. The van der Waals surface area contributed by atoms with Gasteiger partial charge in [-0.3, -0.25) is 0 Å². The standard InChI is InChI=1S/C17H22O6/c1-17(2)15(20-3)12(18)13(19)16(23-17)22-11-8-4-6-10-7-5-9-21-14(10)11/h4-8,12-13,15-16,18-19H,9H2,1-3H3. The molecule has 0 radical (unpaired) electrons. The average molecular weight is 322 g/mol. The summed E-state index contributed by atoms with van der Waals surface area (Å²) >= 11 is 0. The summed E-state index contributed by atoms with van der Waals surface area (Å²) in [4.78, 5) is 0. The van der Waals surface area contributed by atoms with Crippen molar-refractivity contribution >= 4 is 6.08 Å². The van der Waals surface area contributed by atoms with Gasteiger partial charge in [0.05, 0.1) is 5.60 Å². The minimum Gasteiger partial charge on any atom is -0.485 e. The lowest BCUT2D eigenvalue weighted by molar-refractivity contribution is -0.306. The lowest BCUT2D eigenvalue weighted by Gasteiger charge is -2.46. The lowest BCUT2D eigenvalue weighted by atomic mass is 9.89. The third-order valence-electron chi connectivity index (χ3n) is 4.17. The van der Waals surface area contributed by atoms with Crippen LogP contribution in [0.25, 0.3) is 6.08 Å². The fourth-order valence-electron chi connectivity index (χ4n) is 3.05. The first-order valence-electron chi connectivity index (χ1n) is 7.60. The maximum atomic E-state index is 10.3. The predicted octanol–water partition coefficient (Wildman–Crippen LogP) is 1.34. The molecule has 0 aromatic heterocycles. The van der Waals surface area contributed by atoms with Gasteiger partial charge in [0.15, 0.2) is 11.5 Å². The highest BCUT2D eigenvalue weighted by Gasteiger charge is 2.50. The van der Waals surface area contributed by atoms with Crippen LogP contribution >= 0.6 is 0 Å². The fourth-order valence-corrected chi connectivity index (χ4v) is 3.05. The normalized spacial score (nSPS) is 32.0. The van der Waals surface area contributed by atoms with Crippen molar-refractivity contribution < 1.29 is 29.2 Å². The Labute approximate surface area is 135 Å². The van der Waals surface area contributed by atoms with Gasteiger partial charge in [0, 0.05) is 12.7 Å². The van der Waals surface area contributed by atoms with E-state index >= 15 is 0 Å². The molecule has 2 aliphatic heterocycles. The second kappa shape index (κ2) is 6.13. The number of aliphatic hydroxyl groups is 2. The Balaban J connectivity index is 1.85. The first-order valence-corrected chi connectivity index (χ1v) is 7.60. The van der Waals surface area contributed by atoms with Crippen LogP contribution < -0.4 is 9.47 Å². The molecule has 2 heterocycles. The van der Waals surface area contributed by atoms with Crippen molar-refractivity contribution in [3.8, 4) is 11.5 Å². The first-order chi connectivity index (χ1) is 10.9.